The van der Waals surface area contributed by atoms with Crippen LogP contribution in [0, 0.1) is 28.9 Å². The van der Waals surface area contributed by atoms with Crippen LogP contribution in [0.15, 0.2) is 18.2 Å². The molecule has 0 saturated carbocycles. The topological polar surface area (TPSA) is 118 Å². The van der Waals surface area contributed by atoms with E-state index in [1.807, 2.05) is 11.0 Å². The van der Waals surface area contributed by atoms with E-state index in [9.17, 15) is 32.0 Å². The van der Waals surface area contributed by atoms with Crippen LogP contribution in [0.2, 0.25) is 0 Å². The molecule has 9 nitrogen and oxygen atoms in total. The van der Waals surface area contributed by atoms with Crippen LogP contribution in [0.5, 0.6) is 6.01 Å². The van der Waals surface area contributed by atoms with Crippen LogP contribution >= 0.6 is 11.3 Å². The molecule has 3 saturated heterocycles. The lowest BCUT2D eigenvalue weighted by atomic mass is 9.92. The number of rotatable bonds is 6. The van der Waals surface area contributed by atoms with E-state index in [0.717, 1.165) is 24.6 Å². The second-order valence-corrected chi connectivity index (χ2v) is 13.8. The van der Waals surface area contributed by atoms with Crippen molar-refractivity contribution in [3.63, 3.8) is 0 Å². The first-order valence-corrected chi connectivity index (χ1v) is 16.5. The van der Waals surface area contributed by atoms with Crippen LogP contribution in [0.3, 0.4) is 0 Å². The number of hydrogen-bond acceptors (Lipinski definition) is 10. The second kappa shape index (κ2) is 12.2. The maximum absolute atomic E-state index is 17.0. The Kier molecular flexibility index (Phi) is 8.26. The van der Waals surface area contributed by atoms with Crippen LogP contribution < -0.4 is 15.4 Å². The summed E-state index contributed by atoms with van der Waals surface area (Å²) < 4.78 is 102. The Hall–Kier alpha value is -4.36. The molecule has 2 aromatic heterocycles. The molecule has 5 heterocycles. The lowest BCUT2D eigenvalue weighted by Gasteiger charge is -2.33. The second-order valence-electron chi connectivity index (χ2n) is 12.7. The van der Waals surface area contributed by atoms with E-state index in [1.54, 1.807) is 4.90 Å². The number of nitrogen functional groups attached to an aromatic ring is 1. The van der Waals surface area contributed by atoms with Gasteiger partial charge in [0.1, 0.15) is 41.0 Å². The number of ether oxygens (including phenoxy) is 2. The van der Waals surface area contributed by atoms with Crippen molar-refractivity contribution in [3.8, 4) is 23.2 Å². The fourth-order valence-electron chi connectivity index (χ4n) is 7.63. The zero-order valence-electron chi connectivity index (χ0n) is 26.2. The average Bonchev–Trinajstić information content (AvgIpc) is 3.72. The van der Waals surface area contributed by atoms with Crippen LogP contribution in [0.1, 0.15) is 43.2 Å². The fraction of sp³-hybridized carbons (Fsp3) is 0.455. The maximum atomic E-state index is 17.0. The Bertz CT molecular complexity index is 2020. The number of methoxy groups -OCH3 is 1. The summed E-state index contributed by atoms with van der Waals surface area (Å²) in [4.78, 5) is 24.6. The molecule has 0 radical (unpaired) electrons. The Morgan fingerprint density at radius 2 is 1.96 bits per heavy atom. The Morgan fingerprint density at radius 3 is 2.65 bits per heavy atom. The van der Waals surface area contributed by atoms with Crippen LogP contribution in [-0.4, -0.2) is 72.4 Å². The Morgan fingerprint density at radius 1 is 1.20 bits per heavy atom. The molecule has 2 atom stereocenters. The normalized spacial score (nSPS) is 21.8. The van der Waals surface area contributed by atoms with Gasteiger partial charge in [-0.3, -0.25) is 9.69 Å². The van der Waals surface area contributed by atoms with Gasteiger partial charge in [-0.2, -0.15) is 28.4 Å². The minimum Gasteiger partial charge on any atom is -0.469 e. The van der Waals surface area contributed by atoms with Crippen molar-refractivity contribution in [2.45, 2.75) is 50.0 Å². The summed E-state index contributed by atoms with van der Waals surface area (Å²) in [7, 11) is 1.27. The number of thiophene rings is 1. The predicted octanol–water partition coefficient (Wildman–Crippen LogP) is 6.61. The van der Waals surface area contributed by atoms with Crippen molar-refractivity contribution in [2.24, 2.45) is 5.92 Å². The molecule has 0 bridgehead atoms. The molecule has 0 unspecified atom stereocenters. The van der Waals surface area contributed by atoms with Gasteiger partial charge in [0, 0.05) is 42.4 Å². The molecule has 3 aliphatic heterocycles. The molecule has 258 valence electrons. The molecule has 2 aromatic carbocycles. The number of aromatic nitrogens is 2. The van der Waals surface area contributed by atoms with Crippen LogP contribution in [-0.2, 0) is 15.7 Å². The number of anilines is 2. The molecule has 3 fully saturated rings. The van der Waals surface area contributed by atoms with E-state index >= 15 is 4.39 Å². The molecule has 0 spiro atoms. The number of nitrogens with zero attached hydrogens (tertiary/aromatic N) is 5. The first kappa shape index (κ1) is 33.2. The highest BCUT2D eigenvalue weighted by Gasteiger charge is 2.49. The summed E-state index contributed by atoms with van der Waals surface area (Å²) in [5.74, 6) is -3.09. The van der Waals surface area contributed by atoms with Gasteiger partial charge < -0.3 is 20.1 Å². The molecule has 7 rings (SSSR count). The van der Waals surface area contributed by atoms with E-state index in [0.29, 0.717) is 37.1 Å². The minimum atomic E-state index is -5.11. The van der Waals surface area contributed by atoms with E-state index in [-0.39, 0.29) is 76.1 Å². The summed E-state index contributed by atoms with van der Waals surface area (Å²) >= 11 is 0.675. The maximum Gasteiger partial charge on any atom is 0.417 e. The summed E-state index contributed by atoms with van der Waals surface area (Å²) in [6, 6.07) is 4.13. The number of hydrogen-bond donors (Lipinski definition) is 1. The Balaban J connectivity index is 1.42. The summed E-state index contributed by atoms with van der Waals surface area (Å²) in [6.07, 6.45) is -3.83. The number of halogens is 6. The van der Waals surface area contributed by atoms with Crippen molar-refractivity contribution in [1.82, 2.24) is 14.9 Å². The first-order valence-electron chi connectivity index (χ1n) is 15.7. The molecular formula is C33H30F6N6O3S. The molecule has 3 aliphatic rings. The van der Waals surface area contributed by atoms with Crippen molar-refractivity contribution in [2.75, 3.05) is 50.5 Å². The number of fused-ring (bicyclic) bond motifs is 3. The number of nitrogens with two attached hydrogens (primary N) is 1. The van der Waals surface area contributed by atoms with Crippen molar-refractivity contribution in [3.05, 3.63) is 41.0 Å². The average molecular weight is 705 g/mol. The third-order valence-corrected chi connectivity index (χ3v) is 11.0. The SMILES string of the molecule is COC(=O)C1CCN(c2nc(OC[C@@]34CCCN3C[C@H](F)C4)nc3c(F)c(-c4ccc(F)c5sc(N)c(C#N)c45)c(C(F)(F)F)cc23)CC1. The van der Waals surface area contributed by atoms with Gasteiger partial charge >= 0.3 is 18.2 Å². The first-order chi connectivity index (χ1) is 23.3. The van der Waals surface area contributed by atoms with E-state index in [4.69, 9.17) is 15.2 Å². The zero-order valence-corrected chi connectivity index (χ0v) is 27.0. The van der Waals surface area contributed by atoms with Gasteiger partial charge in [-0.15, -0.1) is 11.3 Å². The van der Waals surface area contributed by atoms with Crippen LogP contribution in [0.4, 0.5) is 37.2 Å². The van der Waals surface area contributed by atoms with Gasteiger partial charge in [-0.25, -0.2) is 13.2 Å². The highest BCUT2D eigenvalue weighted by atomic mass is 32.1. The Labute approximate surface area is 280 Å². The van der Waals surface area contributed by atoms with Gasteiger partial charge in [0.15, 0.2) is 5.82 Å². The molecular weight excluding hydrogens is 674 g/mol. The number of esters is 1. The summed E-state index contributed by atoms with van der Waals surface area (Å²) in [5.41, 5.74) is 1.85. The van der Waals surface area contributed by atoms with Crippen molar-refractivity contribution < 1.29 is 40.6 Å². The molecule has 49 heavy (non-hydrogen) atoms. The molecule has 16 heteroatoms. The highest BCUT2D eigenvalue weighted by Crippen LogP contribution is 2.48. The molecule has 2 N–H and O–H groups in total. The van der Waals surface area contributed by atoms with Gasteiger partial charge in [0.05, 0.1) is 34.4 Å². The third-order valence-electron chi connectivity index (χ3n) is 9.95. The van der Waals surface area contributed by atoms with E-state index in [2.05, 4.69) is 9.97 Å². The highest BCUT2D eigenvalue weighted by molar-refractivity contribution is 7.23. The summed E-state index contributed by atoms with van der Waals surface area (Å²) in [6.45, 7) is 1.30. The third kappa shape index (κ3) is 5.56. The number of piperidine rings is 1. The van der Waals surface area contributed by atoms with E-state index in [1.165, 1.54) is 7.11 Å². The predicted molar refractivity (Wildman–Crippen MR) is 170 cm³/mol. The van der Waals surface area contributed by atoms with Gasteiger partial charge in [0.2, 0.25) is 0 Å². The standard InChI is InChI=1S/C33H30F6N6O3S/c1-47-30(46)16-5-9-44(10-6-16)29-19-11-21(33(37,38)39)24(18-3-4-22(35)27-23(18)20(13-40)28(41)49-27)25(36)26(19)42-31(43-29)48-15-32-7-2-8-45(32)14-17(34)12-32/h3-4,11,16-17H,2,5-10,12,14-15,41H2,1H3/t17-,32+/m1/s1. The number of carbonyl (C=O) groups is 1. The fourth-order valence-corrected chi connectivity index (χ4v) is 8.58. The van der Waals surface area contributed by atoms with Gasteiger partial charge in [0.25, 0.3) is 0 Å². The zero-order chi connectivity index (χ0) is 34.8. The quantitative estimate of drug-likeness (QED) is 0.175. The molecule has 0 amide bonds. The van der Waals surface area contributed by atoms with Gasteiger partial charge in [-0.1, -0.05) is 6.07 Å². The summed E-state index contributed by atoms with van der Waals surface area (Å²) in [5, 5.41) is 9.16. The van der Waals surface area contributed by atoms with E-state index < -0.39 is 58.1 Å². The van der Waals surface area contributed by atoms with Gasteiger partial charge in [-0.05, 0) is 49.9 Å². The molecule has 0 aliphatic carbocycles. The largest absolute Gasteiger partial charge is 0.469 e. The smallest absolute Gasteiger partial charge is 0.417 e. The monoisotopic (exact) mass is 704 g/mol. The number of carbonyl (C=O) groups excluding carboxylic acids is 1. The number of nitriles is 1. The lowest BCUT2D eigenvalue weighted by Crippen LogP contribution is -2.43. The number of benzene rings is 2. The lowest BCUT2D eigenvalue weighted by molar-refractivity contribution is -0.146. The molecule has 4 aromatic rings. The van der Waals surface area contributed by atoms with Crippen molar-refractivity contribution in [1.29, 1.82) is 5.26 Å². The number of alkyl halides is 4. The minimum absolute atomic E-state index is 0.0177. The van der Waals surface area contributed by atoms with Crippen LogP contribution in [0.25, 0.3) is 32.1 Å². The van der Waals surface area contributed by atoms with Crippen molar-refractivity contribution >= 4 is 49.1 Å².